The third-order valence-electron chi connectivity index (χ3n) is 3.91. The number of methoxy groups -OCH3 is 1. The van der Waals surface area contributed by atoms with Gasteiger partial charge in [0.15, 0.2) is 11.6 Å². The summed E-state index contributed by atoms with van der Waals surface area (Å²) in [4.78, 5) is 2.03. The minimum Gasteiger partial charge on any atom is -0.496 e. The fourth-order valence-electron chi connectivity index (χ4n) is 2.61. The number of ether oxygens (including phenoxy) is 1. The summed E-state index contributed by atoms with van der Waals surface area (Å²) in [5.41, 5.74) is -0.423. The van der Waals surface area contributed by atoms with Gasteiger partial charge in [0.1, 0.15) is 5.75 Å². The Balaban J connectivity index is 2.15. The predicted molar refractivity (Wildman–Crippen MR) is 72.7 cm³/mol. The molecule has 1 fully saturated rings. The first-order valence-corrected chi connectivity index (χ1v) is 6.88. The topological polar surface area (TPSA) is 32.7 Å². The molecule has 5 heteroatoms. The van der Waals surface area contributed by atoms with E-state index < -0.39 is 17.2 Å². The molecule has 1 unspecified atom stereocenters. The molecule has 0 radical (unpaired) electrons. The van der Waals surface area contributed by atoms with E-state index in [0.717, 1.165) is 25.5 Å². The molecular formula is C15H21F2NO2. The molecule has 1 aromatic carbocycles. The zero-order valence-corrected chi connectivity index (χ0v) is 12.0. The lowest BCUT2D eigenvalue weighted by atomic mass is 9.98. The third-order valence-corrected chi connectivity index (χ3v) is 3.91. The molecule has 0 amide bonds. The van der Waals surface area contributed by atoms with E-state index in [0.29, 0.717) is 25.3 Å². The summed E-state index contributed by atoms with van der Waals surface area (Å²) in [6.07, 6.45) is 2.20. The van der Waals surface area contributed by atoms with Crippen LogP contribution < -0.4 is 4.74 Å². The Morgan fingerprint density at radius 2 is 2.05 bits per heavy atom. The quantitative estimate of drug-likeness (QED) is 0.927. The van der Waals surface area contributed by atoms with Crippen LogP contribution >= 0.6 is 0 Å². The van der Waals surface area contributed by atoms with Gasteiger partial charge >= 0.3 is 0 Å². The van der Waals surface area contributed by atoms with E-state index in [1.807, 2.05) is 11.8 Å². The van der Waals surface area contributed by atoms with Crippen LogP contribution in [0.5, 0.6) is 5.75 Å². The molecule has 1 saturated heterocycles. The van der Waals surface area contributed by atoms with Gasteiger partial charge in [0.05, 0.1) is 12.7 Å². The highest BCUT2D eigenvalue weighted by atomic mass is 19.2. The van der Waals surface area contributed by atoms with Gasteiger partial charge in [0, 0.05) is 18.7 Å². The molecule has 112 valence electrons. The van der Waals surface area contributed by atoms with Crippen LogP contribution in [-0.2, 0) is 6.54 Å². The molecule has 1 aromatic rings. The van der Waals surface area contributed by atoms with Gasteiger partial charge in [-0.05, 0) is 44.9 Å². The normalized spacial score (nSPS) is 24.4. The van der Waals surface area contributed by atoms with Crippen LogP contribution in [0.1, 0.15) is 31.7 Å². The number of hydrogen-bond donors (Lipinski definition) is 1. The standard InChI is InChI=1S/C15H21F2NO2/c1-15(19)6-3-8-18(9-7-15)10-11-13(20-2)5-4-12(16)14(11)17/h4-5,19H,3,6-10H2,1-2H3. The summed E-state index contributed by atoms with van der Waals surface area (Å²) < 4.78 is 32.4. The number of benzene rings is 1. The van der Waals surface area contributed by atoms with Gasteiger partial charge in [-0.1, -0.05) is 0 Å². The van der Waals surface area contributed by atoms with E-state index in [1.165, 1.54) is 13.2 Å². The maximum Gasteiger partial charge on any atom is 0.167 e. The van der Waals surface area contributed by atoms with Crippen LogP contribution in [-0.4, -0.2) is 35.8 Å². The fourth-order valence-corrected chi connectivity index (χ4v) is 2.61. The molecule has 1 aliphatic heterocycles. The van der Waals surface area contributed by atoms with E-state index >= 15 is 0 Å². The van der Waals surface area contributed by atoms with Gasteiger partial charge < -0.3 is 9.84 Å². The monoisotopic (exact) mass is 285 g/mol. The molecule has 0 aliphatic carbocycles. The molecule has 0 aromatic heterocycles. The van der Waals surface area contributed by atoms with Crippen LogP contribution in [0.15, 0.2) is 12.1 Å². The molecule has 3 nitrogen and oxygen atoms in total. The summed E-state index contributed by atoms with van der Waals surface area (Å²) in [6, 6.07) is 2.52. The summed E-state index contributed by atoms with van der Waals surface area (Å²) in [7, 11) is 1.45. The predicted octanol–water partition coefficient (Wildman–Crippen LogP) is 2.71. The Bertz CT molecular complexity index is 477. The van der Waals surface area contributed by atoms with Gasteiger partial charge in [0.25, 0.3) is 0 Å². The van der Waals surface area contributed by atoms with Crippen LogP contribution in [0, 0.1) is 11.6 Å². The van der Waals surface area contributed by atoms with Crippen molar-refractivity contribution in [3.63, 3.8) is 0 Å². The highest BCUT2D eigenvalue weighted by molar-refractivity contribution is 5.35. The van der Waals surface area contributed by atoms with Gasteiger partial charge in [-0.2, -0.15) is 0 Å². The zero-order chi connectivity index (χ0) is 14.8. The minimum absolute atomic E-state index is 0.244. The molecule has 1 aliphatic rings. The SMILES string of the molecule is COc1ccc(F)c(F)c1CN1CCCC(C)(O)CC1. The average Bonchev–Trinajstić information content (AvgIpc) is 2.57. The van der Waals surface area contributed by atoms with Crippen LogP contribution in [0.3, 0.4) is 0 Å². The molecule has 1 heterocycles. The molecule has 0 spiro atoms. The smallest absolute Gasteiger partial charge is 0.167 e. The van der Waals surface area contributed by atoms with Gasteiger partial charge in [0.2, 0.25) is 0 Å². The van der Waals surface area contributed by atoms with Crippen molar-refractivity contribution in [1.29, 1.82) is 0 Å². The van der Waals surface area contributed by atoms with Gasteiger partial charge in [-0.3, -0.25) is 4.90 Å². The van der Waals surface area contributed by atoms with Crippen molar-refractivity contribution in [2.45, 2.75) is 38.3 Å². The number of nitrogens with zero attached hydrogens (tertiary/aromatic N) is 1. The van der Waals surface area contributed by atoms with Gasteiger partial charge in [-0.25, -0.2) is 8.78 Å². The number of aliphatic hydroxyl groups is 1. The lowest BCUT2D eigenvalue weighted by Crippen LogP contribution is -2.28. The molecule has 0 bridgehead atoms. The second-order valence-electron chi connectivity index (χ2n) is 5.67. The Morgan fingerprint density at radius 1 is 1.30 bits per heavy atom. The molecule has 2 rings (SSSR count). The van der Waals surface area contributed by atoms with Crippen molar-refractivity contribution in [3.8, 4) is 5.75 Å². The second kappa shape index (κ2) is 6.06. The van der Waals surface area contributed by atoms with E-state index in [9.17, 15) is 13.9 Å². The average molecular weight is 285 g/mol. The van der Waals surface area contributed by atoms with Crippen molar-refractivity contribution >= 4 is 0 Å². The third kappa shape index (κ3) is 3.46. The molecule has 1 atom stereocenters. The first-order chi connectivity index (χ1) is 9.43. The maximum absolute atomic E-state index is 13.9. The van der Waals surface area contributed by atoms with E-state index in [-0.39, 0.29) is 5.56 Å². The first-order valence-electron chi connectivity index (χ1n) is 6.88. The number of likely N-dealkylation sites (tertiary alicyclic amines) is 1. The zero-order valence-electron chi connectivity index (χ0n) is 12.0. The Hall–Kier alpha value is -1.20. The summed E-state index contributed by atoms with van der Waals surface area (Å²) >= 11 is 0. The fraction of sp³-hybridized carbons (Fsp3) is 0.600. The van der Waals surface area contributed by atoms with Crippen molar-refractivity contribution in [2.24, 2.45) is 0 Å². The summed E-state index contributed by atoms with van der Waals surface area (Å²) in [6.45, 7) is 3.53. The Morgan fingerprint density at radius 3 is 2.75 bits per heavy atom. The molecular weight excluding hydrogens is 264 g/mol. The van der Waals surface area contributed by atoms with E-state index in [4.69, 9.17) is 4.74 Å². The lowest BCUT2D eigenvalue weighted by molar-refractivity contribution is 0.0443. The number of hydrogen-bond acceptors (Lipinski definition) is 3. The van der Waals surface area contributed by atoms with Gasteiger partial charge in [-0.15, -0.1) is 0 Å². The van der Waals surface area contributed by atoms with Crippen molar-refractivity contribution in [1.82, 2.24) is 4.90 Å². The van der Waals surface area contributed by atoms with Crippen molar-refractivity contribution in [2.75, 3.05) is 20.2 Å². The Kier molecular flexibility index (Phi) is 4.60. The first kappa shape index (κ1) is 15.2. The summed E-state index contributed by atoms with van der Waals surface area (Å²) in [5.74, 6) is -1.34. The van der Waals surface area contributed by atoms with Crippen LogP contribution in [0.25, 0.3) is 0 Å². The number of halogens is 2. The van der Waals surface area contributed by atoms with Crippen LogP contribution in [0.2, 0.25) is 0 Å². The highest BCUT2D eigenvalue weighted by Crippen LogP contribution is 2.27. The van der Waals surface area contributed by atoms with E-state index in [1.54, 1.807) is 0 Å². The van der Waals surface area contributed by atoms with Crippen molar-refractivity contribution < 1.29 is 18.6 Å². The maximum atomic E-state index is 13.9. The highest BCUT2D eigenvalue weighted by Gasteiger charge is 2.26. The molecule has 1 N–H and O–H groups in total. The largest absolute Gasteiger partial charge is 0.496 e. The van der Waals surface area contributed by atoms with E-state index in [2.05, 4.69) is 0 Å². The molecule has 0 saturated carbocycles. The molecule has 20 heavy (non-hydrogen) atoms. The lowest BCUT2D eigenvalue weighted by Gasteiger charge is -2.23. The van der Waals surface area contributed by atoms with Crippen molar-refractivity contribution in [3.05, 3.63) is 29.3 Å². The number of rotatable bonds is 3. The second-order valence-corrected chi connectivity index (χ2v) is 5.67. The Labute approximate surface area is 118 Å². The minimum atomic E-state index is -0.859. The van der Waals surface area contributed by atoms with Crippen LogP contribution in [0.4, 0.5) is 8.78 Å². The summed E-state index contributed by atoms with van der Waals surface area (Å²) in [5, 5.41) is 10.1.